The molecule has 0 saturated carbocycles. The third kappa shape index (κ3) is 3.73. The summed E-state index contributed by atoms with van der Waals surface area (Å²) < 4.78 is 1.70. The Morgan fingerprint density at radius 2 is 2.30 bits per heavy atom. The summed E-state index contributed by atoms with van der Waals surface area (Å²) in [5, 5.41) is 9.28. The van der Waals surface area contributed by atoms with Crippen LogP contribution in [0.3, 0.4) is 0 Å². The molecule has 0 aromatic carbocycles. The van der Waals surface area contributed by atoms with E-state index in [-0.39, 0.29) is 5.91 Å². The number of hydrogen-bond acceptors (Lipinski definition) is 5. The van der Waals surface area contributed by atoms with Crippen molar-refractivity contribution in [2.45, 2.75) is 19.6 Å². The number of hydrogen-bond donors (Lipinski definition) is 1. The zero-order chi connectivity index (χ0) is 16.2. The molecule has 0 aliphatic heterocycles. The van der Waals surface area contributed by atoms with Gasteiger partial charge < -0.3 is 5.32 Å². The average molecular weight is 346 g/mol. The molecule has 23 heavy (non-hydrogen) atoms. The molecule has 3 aromatic heterocycles. The Hall–Kier alpha value is -1.86. The van der Waals surface area contributed by atoms with Crippen LogP contribution >= 0.6 is 23.1 Å². The van der Waals surface area contributed by atoms with Crippen molar-refractivity contribution in [3.8, 4) is 0 Å². The monoisotopic (exact) mass is 346 g/mol. The Kier molecular flexibility index (Phi) is 4.97. The molecule has 7 heteroatoms. The normalized spacial score (nSPS) is 11.0. The molecule has 0 bridgehead atoms. The molecule has 3 rings (SSSR count). The fraction of sp³-hybridized carbons (Fsp3) is 0.312. The quantitative estimate of drug-likeness (QED) is 0.697. The Bertz CT molecular complexity index is 811. The molecule has 0 aliphatic rings. The SMILES string of the molecule is Cc1cc(C)n2ncc(C(=O)NCCSCc3cccs3)c2n1. The van der Waals surface area contributed by atoms with Crippen molar-refractivity contribution in [3.05, 3.63) is 51.6 Å². The number of carbonyl (C=O) groups excluding carboxylic acids is 1. The maximum absolute atomic E-state index is 12.3. The van der Waals surface area contributed by atoms with Crippen LogP contribution in [0.2, 0.25) is 0 Å². The van der Waals surface area contributed by atoms with Crippen LogP contribution < -0.4 is 5.32 Å². The summed E-state index contributed by atoms with van der Waals surface area (Å²) in [6, 6.07) is 6.14. The average Bonchev–Trinajstić information content (AvgIpc) is 3.15. The topological polar surface area (TPSA) is 59.3 Å². The number of thioether (sulfide) groups is 1. The molecule has 1 N–H and O–H groups in total. The van der Waals surface area contributed by atoms with Crippen LogP contribution in [0, 0.1) is 13.8 Å². The van der Waals surface area contributed by atoms with Crippen LogP contribution in [-0.4, -0.2) is 32.8 Å². The third-order valence-electron chi connectivity index (χ3n) is 3.38. The van der Waals surface area contributed by atoms with E-state index >= 15 is 0 Å². The summed E-state index contributed by atoms with van der Waals surface area (Å²) in [6.45, 7) is 4.51. The first-order valence-corrected chi connectivity index (χ1v) is 9.39. The van der Waals surface area contributed by atoms with Crippen LogP contribution in [0.15, 0.2) is 29.8 Å². The molecule has 3 heterocycles. The van der Waals surface area contributed by atoms with Gasteiger partial charge in [0, 0.05) is 34.3 Å². The van der Waals surface area contributed by atoms with E-state index in [1.165, 1.54) is 4.88 Å². The summed E-state index contributed by atoms with van der Waals surface area (Å²) in [7, 11) is 0. The van der Waals surface area contributed by atoms with Crippen molar-refractivity contribution in [1.82, 2.24) is 19.9 Å². The maximum atomic E-state index is 12.3. The highest BCUT2D eigenvalue weighted by Crippen LogP contribution is 2.16. The van der Waals surface area contributed by atoms with Crippen LogP contribution in [0.1, 0.15) is 26.6 Å². The summed E-state index contributed by atoms with van der Waals surface area (Å²) >= 11 is 3.58. The van der Waals surface area contributed by atoms with Gasteiger partial charge in [-0.2, -0.15) is 16.9 Å². The van der Waals surface area contributed by atoms with Gasteiger partial charge in [-0.3, -0.25) is 4.79 Å². The van der Waals surface area contributed by atoms with Gasteiger partial charge in [-0.1, -0.05) is 6.07 Å². The molecule has 1 amide bonds. The van der Waals surface area contributed by atoms with Gasteiger partial charge in [0.15, 0.2) is 5.65 Å². The van der Waals surface area contributed by atoms with Gasteiger partial charge in [-0.25, -0.2) is 9.50 Å². The highest BCUT2D eigenvalue weighted by Gasteiger charge is 2.14. The minimum absolute atomic E-state index is 0.116. The van der Waals surface area contributed by atoms with Gasteiger partial charge in [0.25, 0.3) is 5.91 Å². The smallest absolute Gasteiger partial charge is 0.256 e. The zero-order valence-corrected chi connectivity index (χ0v) is 14.7. The largest absolute Gasteiger partial charge is 0.351 e. The van der Waals surface area contributed by atoms with Crippen molar-refractivity contribution in [2.24, 2.45) is 0 Å². The van der Waals surface area contributed by atoms with E-state index in [0.717, 1.165) is 22.9 Å². The molecule has 0 saturated heterocycles. The Morgan fingerprint density at radius 1 is 1.43 bits per heavy atom. The second kappa shape index (κ2) is 7.14. The molecule has 120 valence electrons. The lowest BCUT2D eigenvalue weighted by Crippen LogP contribution is -2.25. The number of fused-ring (bicyclic) bond motifs is 1. The first kappa shape index (κ1) is 16.0. The molecular weight excluding hydrogens is 328 g/mol. The molecule has 0 spiro atoms. The van der Waals surface area contributed by atoms with E-state index in [0.29, 0.717) is 17.8 Å². The van der Waals surface area contributed by atoms with Crippen molar-refractivity contribution >= 4 is 34.7 Å². The first-order chi connectivity index (χ1) is 11.1. The number of amides is 1. The summed E-state index contributed by atoms with van der Waals surface area (Å²) in [6.07, 6.45) is 1.59. The zero-order valence-electron chi connectivity index (χ0n) is 13.1. The second-order valence-corrected chi connectivity index (χ2v) is 7.36. The standard InChI is InChI=1S/C16H18N4OS2/c1-11-8-12(2)20-15(19-11)14(9-18-20)16(21)17-5-7-22-10-13-4-3-6-23-13/h3-4,6,8-9H,5,7,10H2,1-2H3,(H,17,21). The summed E-state index contributed by atoms with van der Waals surface area (Å²) in [4.78, 5) is 18.1. The van der Waals surface area contributed by atoms with E-state index in [1.807, 2.05) is 31.7 Å². The lowest BCUT2D eigenvalue weighted by Gasteiger charge is -2.05. The molecule has 0 aliphatic carbocycles. The Morgan fingerprint density at radius 3 is 3.09 bits per heavy atom. The van der Waals surface area contributed by atoms with Gasteiger partial charge in [-0.05, 0) is 31.4 Å². The van der Waals surface area contributed by atoms with Gasteiger partial charge >= 0.3 is 0 Å². The van der Waals surface area contributed by atoms with Crippen LogP contribution in [0.5, 0.6) is 0 Å². The van der Waals surface area contributed by atoms with Gasteiger partial charge in [-0.15, -0.1) is 11.3 Å². The van der Waals surface area contributed by atoms with Crippen molar-refractivity contribution in [3.63, 3.8) is 0 Å². The summed E-state index contributed by atoms with van der Waals surface area (Å²) in [5.74, 6) is 1.76. The maximum Gasteiger partial charge on any atom is 0.256 e. The number of nitrogens with one attached hydrogen (secondary N) is 1. The van der Waals surface area contributed by atoms with Gasteiger partial charge in [0.2, 0.25) is 0 Å². The fourth-order valence-electron chi connectivity index (χ4n) is 2.33. The third-order valence-corrected chi connectivity index (χ3v) is 5.45. The molecular formula is C16H18N4OS2. The highest BCUT2D eigenvalue weighted by atomic mass is 32.2. The number of aryl methyl sites for hydroxylation is 2. The lowest BCUT2D eigenvalue weighted by molar-refractivity contribution is 0.0957. The highest BCUT2D eigenvalue weighted by molar-refractivity contribution is 7.98. The number of carbonyl (C=O) groups is 1. The molecule has 0 fully saturated rings. The number of thiophene rings is 1. The van der Waals surface area contributed by atoms with Crippen LogP contribution in [0.25, 0.3) is 5.65 Å². The number of nitrogens with zero attached hydrogens (tertiary/aromatic N) is 3. The summed E-state index contributed by atoms with van der Waals surface area (Å²) in [5.41, 5.74) is 3.00. The minimum Gasteiger partial charge on any atom is -0.351 e. The lowest BCUT2D eigenvalue weighted by atomic mass is 10.3. The Labute approximate surface area is 143 Å². The van der Waals surface area contributed by atoms with Crippen molar-refractivity contribution in [1.29, 1.82) is 0 Å². The van der Waals surface area contributed by atoms with E-state index in [4.69, 9.17) is 0 Å². The molecule has 5 nitrogen and oxygen atoms in total. The predicted octanol–water partition coefficient (Wildman–Crippen LogP) is 3.07. The first-order valence-electron chi connectivity index (χ1n) is 7.35. The van der Waals surface area contributed by atoms with E-state index in [1.54, 1.807) is 22.0 Å². The van der Waals surface area contributed by atoms with E-state index in [9.17, 15) is 4.79 Å². The van der Waals surface area contributed by atoms with Crippen molar-refractivity contribution < 1.29 is 4.79 Å². The Balaban J connectivity index is 1.56. The molecule has 0 atom stereocenters. The van der Waals surface area contributed by atoms with Gasteiger partial charge in [0.05, 0.1) is 6.20 Å². The second-order valence-electron chi connectivity index (χ2n) is 5.22. The number of rotatable bonds is 6. The van der Waals surface area contributed by atoms with E-state index in [2.05, 4.69) is 32.9 Å². The fourth-order valence-corrected chi connectivity index (χ4v) is 4.03. The van der Waals surface area contributed by atoms with Crippen LogP contribution in [0.4, 0.5) is 0 Å². The molecule has 0 unspecified atom stereocenters. The van der Waals surface area contributed by atoms with Crippen molar-refractivity contribution in [2.75, 3.05) is 12.3 Å². The van der Waals surface area contributed by atoms with Crippen LogP contribution in [-0.2, 0) is 5.75 Å². The van der Waals surface area contributed by atoms with E-state index < -0.39 is 0 Å². The molecule has 0 radical (unpaired) electrons. The minimum atomic E-state index is -0.116. The van der Waals surface area contributed by atoms with Gasteiger partial charge in [0.1, 0.15) is 5.56 Å². The number of aromatic nitrogens is 3. The predicted molar refractivity (Wildman–Crippen MR) is 95.3 cm³/mol. The molecule has 3 aromatic rings.